The van der Waals surface area contributed by atoms with Crippen molar-refractivity contribution < 1.29 is 14.4 Å². The van der Waals surface area contributed by atoms with Crippen molar-refractivity contribution in [2.24, 2.45) is 0 Å². The average molecular weight is 340 g/mol. The van der Waals surface area contributed by atoms with Gasteiger partial charge in [-0.1, -0.05) is 0 Å². The van der Waals surface area contributed by atoms with E-state index in [1.165, 1.54) is 24.8 Å². The Morgan fingerprint density at radius 2 is 1.80 bits per heavy atom. The lowest BCUT2D eigenvalue weighted by Gasteiger charge is -2.32. The molecule has 1 aromatic carbocycles. The van der Waals surface area contributed by atoms with E-state index in [1.807, 2.05) is 12.1 Å². The zero-order chi connectivity index (χ0) is 17.5. The SMILES string of the molecule is COc1ccc([C@H](CNC(=O)c2ccncc2)[NH+]2CCCCC2)cc1. The van der Waals surface area contributed by atoms with Gasteiger partial charge in [0.25, 0.3) is 5.91 Å². The molecule has 1 aromatic heterocycles. The lowest BCUT2D eigenvalue weighted by Crippen LogP contribution is -3.13. The second-order valence-electron chi connectivity index (χ2n) is 6.49. The summed E-state index contributed by atoms with van der Waals surface area (Å²) in [7, 11) is 1.68. The van der Waals surface area contributed by atoms with Gasteiger partial charge < -0.3 is 15.0 Å². The maximum Gasteiger partial charge on any atom is 0.251 e. The van der Waals surface area contributed by atoms with Gasteiger partial charge in [-0.15, -0.1) is 0 Å². The number of benzene rings is 1. The Hall–Kier alpha value is -2.40. The van der Waals surface area contributed by atoms with Gasteiger partial charge in [-0.25, -0.2) is 0 Å². The first-order chi connectivity index (χ1) is 12.3. The number of quaternary nitrogens is 1. The Labute approximate surface area is 149 Å². The van der Waals surface area contributed by atoms with Crippen LogP contribution in [-0.4, -0.2) is 37.6 Å². The largest absolute Gasteiger partial charge is 0.497 e. The number of piperidine rings is 1. The Morgan fingerprint density at radius 3 is 2.44 bits per heavy atom. The number of rotatable bonds is 6. The highest BCUT2D eigenvalue weighted by Gasteiger charge is 2.26. The molecule has 0 aliphatic carbocycles. The first-order valence-electron chi connectivity index (χ1n) is 8.94. The molecule has 1 aliphatic rings. The van der Waals surface area contributed by atoms with Gasteiger partial charge in [-0.05, 0) is 55.7 Å². The molecule has 3 rings (SSSR count). The monoisotopic (exact) mass is 340 g/mol. The van der Waals surface area contributed by atoms with E-state index in [9.17, 15) is 4.79 Å². The molecule has 1 amide bonds. The van der Waals surface area contributed by atoms with Crippen LogP contribution in [0.4, 0.5) is 0 Å². The van der Waals surface area contributed by atoms with Gasteiger partial charge in [0.2, 0.25) is 0 Å². The molecule has 1 aliphatic heterocycles. The van der Waals surface area contributed by atoms with Crippen LogP contribution >= 0.6 is 0 Å². The highest BCUT2D eigenvalue weighted by Crippen LogP contribution is 2.16. The smallest absolute Gasteiger partial charge is 0.251 e. The fourth-order valence-electron chi connectivity index (χ4n) is 3.49. The number of pyridine rings is 1. The minimum atomic E-state index is -0.0441. The standard InChI is InChI=1S/C20H25N3O2/c1-25-18-7-5-16(6-8-18)19(23-13-3-2-4-14-23)15-22-20(24)17-9-11-21-12-10-17/h5-12,19H,2-4,13-15H2,1H3,(H,22,24)/p+1/t19-/m0/s1. The first-order valence-corrected chi connectivity index (χ1v) is 8.94. The van der Waals surface area contributed by atoms with E-state index in [-0.39, 0.29) is 11.9 Å². The number of nitrogens with zero attached hydrogens (tertiary/aromatic N) is 1. The van der Waals surface area contributed by atoms with Crippen molar-refractivity contribution in [1.29, 1.82) is 0 Å². The number of amides is 1. The van der Waals surface area contributed by atoms with Crippen LogP contribution in [0.1, 0.15) is 41.2 Å². The Kier molecular flexibility index (Phi) is 6.01. The summed E-state index contributed by atoms with van der Waals surface area (Å²) in [4.78, 5) is 17.9. The maximum atomic E-state index is 12.4. The average Bonchev–Trinajstić information content (AvgIpc) is 2.70. The van der Waals surface area contributed by atoms with Gasteiger partial charge in [0.05, 0.1) is 26.7 Å². The molecule has 2 aromatic rings. The molecule has 0 radical (unpaired) electrons. The van der Waals surface area contributed by atoms with Crippen molar-refractivity contribution in [2.75, 3.05) is 26.7 Å². The van der Waals surface area contributed by atoms with E-state index in [4.69, 9.17) is 4.74 Å². The van der Waals surface area contributed by atoms with Gasteiger partial charge in [0.1, 0.15) is 11.8 Å². The van der Waals surface area contributed by atoms with Crippen LogP contribution in [-0.2, 0) is 0 Å². The molecule has 25 heavy (non-hydrogen) atoms. The van der Waals surface area contributed by atoms with Gasteiger partial charge >= 0.3 is 0 Å². The van der Waals surface area contributed by atoms with E-state index in [1.54, 1.807) is 36.5 Å². The van der Waals surface area contributed by atoms with Crippen LogP contribution in [0.15, 0.2) is 48.8 Å². The number of methoxy groups -OCH3 is 1. The normalized spacial score (nSPS) is 16.2. The van der Waals surface area contributed by atoms with Crippen LogP contribution in [0.25, 0.3) is 0 Å². The van der Waals surface area contributed by atoms with Crippen molar-refractivity contribution in [3.8, 4) is 5.75 Å². The maximum absolute atomic E-state index is 12.4. The van der Waals surface area contributed by atoms with Crippen molar-refractivity contribution in [2.45, 2.75) is 25.3 Å². The number of likely N-dealkylation sites (tertiary alicyclic amines) is 1. The summed E-state index contributed by atoms with van der Waals surface area (Å²) in [6, 6.07) is 12.0. The molecule has 1 atom stereocenters. The molecular formula is C20H26N3O2+. The van der Waals surface area contributed by atoms with Crippen molar-refractivity contribution in [1.82, 2.24) is 10.3 Å². The van der Waals surface area contributed by atoms with E-state index < -0.39 is 0 Å². The summed E-state index contributed by atoms with van der Waals surface area (Å²) in [5.41, 5.74) is 1.89. The number of carbonyl (C=O) groups excluding carboxylic acids is 1. The number of hydrogen-bond donors (Lipinski definition) is 2. The Morgan fingerprint density at radius 1 is 1.12 bits per heavy atom. The van der Waals surface area contributed by atoms with Crippen LogP contribution < -0.4 is 15.0 Å². The molecule has 0 saturated carbocycles. The van der Waals surface area contributed by atoms with Gasteiger partial charge in [0.15, 0.2) is 0 Å². The molecule has 0 bridgehead atoms. The second kappa shape index (κ2) is 8.62. The zero-order valence-corrected chi connectivity index (χ0v) is 14.7. The van der Waals surface area contributed by atoms with Crippen molar-refractivity contribution in [3.63, 3.8) is 0 Å². The zero-order valence-electron chi connectivity index (χ0n) is 14.7. The minimum Gasteiger partial charge on any atom is -0.497 e. The molecule has 1 saturated heterocycles. The summed E-state index contributed by atoms with van der Waals surface area (Å²) >= 11 is 0. The van der Waals surface area contributed by atoms with Crippen LogP contribution in [0.2, 0.25) is 0 Å². The van der Waals surface area contributed by atoms with Gasteiger partial charge in [0, 0.05) is 23.5 Å². The lowest BCUT2D eigenvalue weighted by molar-refractivity contribution is -0.935. The number of ether oxygens (including phenoxy) is 1. The van der Waals surface area contributed by atoms with E-state index >= 15 is 0 Å². The fraction of sp³-hybridized carbons (Fsp3) is 0.400. The summed E-state index contributed by atoms with van der Waals surface area (Å²) in [6.07, 6.45) is 7.10. The third kappa shape index (κ3) is 4.57. The quantitative estimate of drug-likeness (QED) is 0.840. The number of aromatic nitrogens is 1. The Bertz CT molecular complexity index is 667. The molecule has 2 N–H and O–H groups in total. The molecule has 5 nitrogen and oxygen atoms in total. The van der Waals surface area contributed by atoms with E-state index in [0.29, 0.717) is 12.1 Å². The molecule has 0 unspecified atom stereocenters. The van der Waals surface area contributed by atoms with Gasteiger partial charge in [-0.2, -0.15) is 0 Å². The number of carbonyl (C=O) groups is 1. The third-order valence-corrected chi connectivity index (χ3v) is 4.92. The lowest BCUT2D eigenvalue weighted by atomic mass is 10.0. The van der Waals surface area contributed by atoms with Crippen LogP contribution in [0.3, 0.4) is 0 Å². The second-order valence-corrected chi connectivity index (χ2v) is 6.49. The molecular weight excluding hydrogens is 314 g/mol. The third-order valence-electron chi connectivity index (χ3n) is 4.92. The highest BCUT2D eigenvalue weighted by molar-refractivity contribution is 5.93. The van der Waals surface area contributed by atoms with Crippen molar-refractivity contribution >= 4 is 5.91 Å². The molecule has 0 spiro atoms. The van der Waals surface area contributed by atoms with E-state index in [0.717, 1.165) is 18.8 Å². The molecule has 1 fully saturated rings. The Balaban J connectivity index is 1.72. The van der Waals surface area contributed by atoms with Gasteiger partial charge in [-0.3, -0.25) is 9.78 Å². The number of hydrogen-bond acceptors (Lipinski definition) is 3. The number of nitrogens with one attached hydrogen (secondary N) is 2. The highest BCUT2D eigenvalue weighted by atomic mass is 16.5. The van der Waals surface area contributed by atoms with Crippen LogP contribution in [0.5, 0.6) is 5.75 Å². The van der Waals surface area contributed by atoms with Crippen LogP contribution in [0, 0.1) is 0 Å². The summed E-state index contributed by atoms with van der Waals surface area (Å²) in [6.45, 7) is 2.94. The summed E-state index contributed by atoms with van der Waals surface area (Å²) in [5, 5.41) is 3.10. The minimum absolute atomic E-state index is 0.0441. The topological polar surface area (TPSA) is 55.7 Å². The first kappa shape index (κ1) is 17.4. The molecule has 2 heterocycles. The van der Waals surface area contributed by atoms with Crippen molar-refractivity contribution in [3.05, 3.63) is 59.9 Å². The molecule has 5 heteroatoms. The fourth-order valence-corrected chi connectivity index (χ4v) is 3.49. The predicted molar refractivity (Wildman–Crippen MR) is 96.9 cm³/mol. The van der Waals surface area contributed by atoms with E-state index in [2.05, 4.69) is 22.4 Å². The predicted octanol–water partition coefficient (Wildman–Crippen LogP) is 1.63. The summed E-state index contributed by atoms with van der Waals surface area (Å²) < 4.78 is 5.27. The summed E-state index contributed by atoms with van der Waals surface area (Å²) in [5.74, 6) is 0.814. The molecule has 132 valence electrons.